The predicted molar refractivity (Wildman–Crippen MR) is 47.1 cm³/mol. The first-order valence-electron chi connectivity index (χ1n) is 4.33. The average Bonchev–Trinajstić information content (AvgIpc) is 1.97. The maximum atomic E-state index is 10.9. The van der Waals surface area contributed by atoms with Crippen LogP contribution in [0, 0.1) is 6.92 Å². The molecule has 0 aromatic carbocycles. The summed E-state index contributed by atoms with van der Waals surface area (Å²) in [6, 6.07) is 0. The molecule has 2 heteroatoms. The molecule has 1 radical (unpaired) electrons. The molecule has 1 amide bonds. The first-order valence-corrected chi connectivity index (χ1v) is 4.33. The predicted octanol–water partition coefficient (Wildman–Crippen LogP) is 1.86. The van der Waals surface area contributed by atoms with Gasteiger partial charge in [-0.05, 0) is 12.8 Å². The summed E-state index contributed by atoms with van der Waals surface area (Å²) in [6.07, 6.45) is 3.24. The zero-order valence-electron chi connectivity index (χ0n) is 7.60. The van der Waals surface area contributed by atoms with E-state index in [4.69, 9.17) is 0 Å². The van der Waals surface area contributed by atoms with Crippen molar-refractivity contribution in [3.05, 3.63) is 6.92 Å². The van der Waals surface area contributed by atoms with Crippen molar-refractivity contribution in [2.24, 2.45) is 0 Å². The van der Waals surface area contributed by atoms with Crippen molar-refractivity contribution in [3.63, 3.8) is 0 Å². The van der Waals surface area contributed by atoms with Gasteiger partial charge >= 0.3 is 0 Å². The Bertz CT molecular complexity index is 112. The van der Waals surface area contributed by atoms with Crippen LogP contribution in [0.2, 0.25) is 0 Å². The molecule has 65 valence electrons. The Morgan fingerprint density at radius 1 is 1.27 bits per heavy atom. The minimum atomic E-state index is -0.0414. The van der Waals surface area contributed by atoms with Crippen molar-refractivity contribution in [1.82, 2.24) is 4.90 Å². The third-order valence-electron chi connectivity index (χ3n) is 1.63. The zero-order valence-corrected chi connectivity index (χ0v) is 7.60. The first kappa shape index (κ1) is 10.5. The number of nitrogens with zero attached hydrogens (tertiary/aromatic N) is 1. The summed E-state index contributed by atoms with van der Waals surface area (Å²) < 4.78 is 0. The largest absolute Gasteiger partial charge is 0.343 e. The van der Waals surface area contributed by atoms with Crippen LogP contribution in [-0.4, -0.2) is 23.9 Å². The molecule has 0 unspecified atom stereocenters. The number of carbonyl (C=O) groups is 1. The number of carbonyl (C=O) groups excluding carboxylic acids is 1. The molecule has 0 fully saturated rings. The monoisotopic (exact) mass is 156 g/mol. The molecule has 0 aromatic heterocycles. The highest BCUT2D eigenvalue weighted by Crippen LogP contribution is 1.96. The van der Waals surface area contributed by atoms with Gasteiger partial charge in [0.05, 0.1) is 0 Å². The smallest absolute Gasteiger partial charge is 0.223 e. The summed E-state index contributed by atoms with van der Waals surface area (Å²) in [5.74, 6) is -0.0414. The highest BCUT2D eigenvalue weighted by molar-refractivity contribution is 5.80. The Hall–Kier alpha value is -0.530. The number of hydrogen-bond donors (Lipinski definition) is 0. The quantitative estimate of drug-likeness (QED) is 0.595. The van der Waals surface area contributed by atoms with Crippen molar-refractivity contribution in [2.45, 2.75) is 33.1 Å². The van der Waals surface area contributed by atoms with Crippen LogP contribution >= 0.6 is 0 Å². The average molecular weight is 156 g/mol. The van der Waals surface area contributed by atoms with Crippen LogP contribution in [-0.2, 0) is 4.79 Å². The SMILES string of the molecule is [CH2]C(=O)N(CCC)CCCC. The Morgan fingerprint density at radius 2 is 1.91 bits per heavy atom. The standard InChI is InChI=1S/C9H18NO/c1-4-6-8-10(7-5-2)9(3)11/h3-8H2,1-2H3. The second-order valence-corrected chi connectivity index (χ2v) is 2.73. The molecule has 0 spiro atoms. The fraction of sp³-hybridized carbons (Fsp3) is 0.778. The van der Waals surface area contributed by atoms with Crippen LogP contribution in [0.5, 0.6) is 0 Å². The van der Waals surface area contributed by atoms with Crippen molar-refractivity contribution in [3.8, 4) is 0 Å². The third kappa shape index (κ3) is 4.82. The molecule has 0 aromatic rings. The highest BCUT2D eigenvalue weighted by Gasteiger charge is 2.04. The van der Waals surface area contributed by atoms with E-state index in [0.29, 0.717) is 0 Å². The summed E-state index contributed by atoms with van der Waals surface area (Å²) in [6.45, 7) is 9.31. The topological polar surface area (TPSA) is 20.3 Å². The maximum absolute atomic E-state index is 10.9. The normalized spacial score (nSPS) is 9.73. The minimum Gasteiger partial charge on any atom is -0.343 e. The van der Waals surface area contributed by atoms with Gasteiger partial charge in [-0.2, -0.15) is 0 Å². The van der Waals surface area contributed by atoms with E-state index in [9.17, 15) is 4.79 Å². The highest BCUT2D eigenvalue weighted by atomic mass is 16.2. The van der Waals surface area contributed by atoms with Gasteiger partial charge < -0.3 is 4.90 Å². The Morgan fingerprint density at radius 3 is 2.27 bits per heavy atom. The lowest BCUT2D eigenvalue weighted by molar-refractivity contribution is -0.126. The second-order valence-electron chi connectivity index (χ2n) is 2.73. The molecule has 11 heavy (non-hydrogen) atoms. The Kier molecular flexibility index (Phi) is 5.90. The summed E-state index contributed by atoms with van der Waals surface area (Å²) in [7, 11) is 0. The fourth-order valence-corrected chi connectivity index (χ4v) is 0.980. The summed E-state index contributed by atoms with van der Waals surface area (Å²) in [5.41, 5.74) is 0. The van der Waals surface area contributed by atoms with E-state index in [2.05, 4.69) is 20.8 Å². The molecular weight excluding hydrogens is 138 g/mol. The zero-order chi connectivity index (χ0) is 8.69. The van der Waals surface area contributed by atoms with Crippen LogP contribution in [0.4, 0.5) is 0 Å². The lowest BCUT2D eigenvalue weighted by Gasteiger charge is -2.19. The lowest BCUT2D eigenvalue weighted by Crippen LogP contribution is -2.30. The van der Waals surface area contributed by atoms with E-state index in [1.807, 2.05) is 4.90 Å². The van der Waals surface area contributed by atoms with Crippen LogP contribution < -0.4 is 0 Å². The molecule has 0 rings (SSSR count). The van der Waals surface area contributed by atoms with Crippen molar-refractivity contribution in [1.29, 1.82) is 0 Å². The summed E-state index contributed by atoms with van der Waals surface area (Å²) in [4.78, 5) is 12.7. The van der Waals surface area contributed by atoms with Crippen molar-refractivity contribution < 1.29 is 4.79 Å². The van der Waals surface area contributed by atoms with Gasteiger partial charge in [0.25, 0.3) is 0 Å². The second kappa shape index (κ2) is 6.20. The minimum absolute atomic E-state index is 0.0414. The van der Waals surface area contributed by atoms with Gasteiger partial charge in [-0.1, -0.05) is 20.3 Å². The molecule has 0 atom stereocenters. The van der Waals surface area contributed by atoms with Gasteiger partial charge in [0.2, 0.25) is 5.91 Å². The Balaban J connectivity index is 3.60. The van der Waals surface area contributed by atoms with E-state index in [1.54, 1.807) is 0 Å². The van der Waals surface area contributed by atoms with Crippen molar-refractivity contribution in [2.75, 3.05) is 13.1 Å². The molecular formula is C9H18NO. The van der Waals surface area contributed by atoms with E-state index in [0.717, 1.165) is 32.4 Å². The van der Waals surface area contributed by atoms with Crippen molar-refractivity contribution >= 4 is 5.91 Å². The van der Waals surface area contributed by atoms with Gasteiger partial charge in [-0.15, -0.1) is 0 Å². The number of hydrogen-bond acceptors (Lipinski definition) is 1. The van der Waals surface area contributed by atoms with Crippen LogP contribution in [0.1, 0.15) is 33.1 Å². The third-order valence-corrected chi connectivity index (χ3v) is 1.63. The molecule has 0 aliphatic rings. The molecule has 0 saturated heterocycles. The number of amides is 1. The molecule has 0 N–H and O–H groups in total. The molecule has 0 aliphatic heterocycles. The first-order chi connectivity index (χ1) is 5.22. The van der Waals surface area contributed by atoms with Gasteiger partial charge in [-0.3, -0.25) is 4.79 Å². The Labute approximate surface area is 69.6 Å². The van der Waals surface area contributed by atoms with Gasteiger partial charge in [-0.25, -0.2) is 0 Å². The molecule has 0 saturated carbocycles. The summed E-state index contributed by atoms with van der Waals surface area (Å²) in [5, 5.41) is 0. The fourth-order valence-electron chi connectivity index (χ4n) is 0.980. The van der Waals surface area contributed by atoms with Crippen LogP contribution in [0.15, 0.2) is 0 Å². The van der Waals surface area contributed by atoms with Gasteiger partial charge in [0.15, 0.2) is 0 Å². The van der Waals surface area contributed by atoms with Gasteiger partial charge in [0, 0.05) is 20.0 Å². The number of unbranched alkanes of at least 4 members (excludes halogenated alkanes) is 1. The van der Waals surface area contributed by atoms with E-state index >= 15 is 0 Å². The van der Waals surface area contributed by atoms with Crippen LogP contribution in [0.25, 0.3) is 0 Å². The van der Waals surface area contributed by atoms with E-state index in [-0.39, 0.29) is 5.91 Å². The van der Waals surface area contributed by atoms with E-state index in [1.165, 1.54) is 0 Å². The van der Waals surface area contributed by atoms with E-state index < -0.39 is 0 Å². The lowest BCUT2D eigenvalue weighted by atomic mass is 10.3. The molecule has 2 nitrogen and oxygen atoms in total. The number of rotatable bonds is 5. The van der Waals surface area contributed by atoms with Gasteiger partial charge in [0.1, 0.15) is 0 Å². The molecule has 0 heterocycles. The molecule has 0 bridgehead atoms. The van der Waals surface area contributed by atoms with Crippen LogP contribution in [0.3, 0.4) is 0 Å². The molecule has 0 aliphatic carbocycles. The summed E-state index contributed by atoms with van der Waals surface area (Å²) >= 11 is 0. The maximum Gasteiger partial charge on any atom is 0.223 e.